The Labute approximate surface area is 182 Å². The normalized spacial score (nSPS) is 25.7. The first-order chi connectivity index (χ1) is 15.5. The molecule has 1 saturated heterocycles. The minimum Gasteiger partial charge on any atom is -0.481 e. The van der Waals surface area contributed by atoms with E-state index in [-0.39, 0.29) is 52.8 Å². The number of amides is 2. The van der Waals surface area contributed by atoms with Crippen molar-refractivity contribution in [1.29, 1.82) is 0 Å². The van der Waals surface area contributed by atoms with Crippen LogP contribution in [0.25, 0.3) is 0 Å². The maximum absolute atomic E-state index is 13.9. The number of allylic oxidation sites excluding steroid dienone is 2. The smallest absolute Gasteiger partial charge is 0.311 e. The Kier molecular flexibility index (Phi) is 4.80. The molecule has 9 heteroatoms. The minimum absolute atomic E-state index is 0.0547. The zero-order valence-corrected chi connectivity index (χ0v) is 16.8. The van der Waals surface area contributed by atoms with Gasteiger partial charge in [-0.1, -0.05) is 36.4 Å². The summed E-state index contributed by atoms with van der Waals surface area (Å²) >= 11 is 0. The van der Waals surface area contributed by atoms with Crippen LogP contribution in [-0.2, 0) is 16.2 Å². The molecular weight excluding hydrogens is 417 g/mol. The van der Waals surface area contributed by atoms with Crippen molar-refractivity contribution in [3.63, 3.8) is 0 Å². The SMILES string of the molecule is O=C1C2C3C=CC(C3)C2C(=O)N1N=Cc1cccc([N+](=O)[O-])c1OCc1ccccc1F. The van der Waals surface area contributed by atoms with E-state index in [4.69, 9.17) is 4.74 Å². The van der Waals surface area contributed by atoms with Crippen LogP contribution in [0.4, 0.5) is 10.1 Å². The largest absolute Gasteiger partial charge is 0.481 e. The van der Waals surface area contributed by atoms with Crippen LogP contribution >= 0.6 is 0 Å². The highest BCUT2D eigenvalue weighted by molar-refractivity contribution is 6.07. The van der Waals surface area contributed by atoms with Crippen LogP contribution < -0.4 is 4.74 Å². The van der Waals surface area contributed by atoms with Gasteiger partial charge >= 0.3 is 5.69 Å². The van der Waals surface area contributed by atoms with E-state index < -0.39 is 22.6 Å². The van der Waals surface area contributed by atoms with Gasteiger partial charge in [0.05, 0.1) is 23.0 Å². The van der Waals surface area contributed by atoms with Crippen molar-refractivity contribution in [3.05, 3.63) is 81.7 Å². The molecule has 1 heterocycles. The van der Waals surface area contributed by atoms with Crippen LogP contribution in [0, 0.1) is 39.6 Å². The first kappa shape index (κ1) is 20.0. The summed E-state index contributed by atoms with van der Waals surface area (Å²) < 4.78 is 19.6. The summed E-state index contributed by atoms with van der Waals surface area (Å²) in [4.78, 5) is 36.5. The molecule has 4 atom stereocenters. The predicted octanol–water partition coefficient (Wildman–Crippen LogP) is 3.45. The van der Waals surface area contributed by atoms with Gasteiger partial charge in [0.2, 0.25) is 5.75 Å². The van der Waals surface area contributed by atoms with Gasteiger partial charge in [-0.15, -0.1) is 0 Å². The molecule has 0 spiro atoms. The molecule has 5 rings (SSSR count). The third kappa shape index (κ3) is 3.17. The fraction of sp³-hybridized carbons (Fsp3) is 0.261. The van der Waals surface area contributed by atoms with Crippen molar-refractivity contribution in [3.8, 4) is 5.75 Å². The maximum Gasteiger partial charge on any atom is 0.311 e. The summed E-state index contributed by atoms with van der Waals surface area (Å²) in [5, 5.41) is 16.4. The highest BCUT2D eigenvalue weighted by atomic mass is 19.1. The number of nitro benzene ring substituents is 1. The van der Waals surface area contributed by atoms with Crippen molar-refractivity contribution >= 4 is 23.7 Å². The highest BCUT2D eigenvalue weighted by Gasteiger charge is 2.59. The minimum atomic E-state index is -0.617. The van der Waals surface area contributed by atoms with E-state index in [1.165, 1.54) is 42.6 Å². The first-order valence-corrected chi connectivity index (χ1v) is 10.2. The second kappa shape index (κ2) is 7.67. The Bertz CT molecular complexity index is 1160. The van der Waals surface area contributed by atoms with Gasteiger partial charge in [-0.3, -0.25) is 19.7 Å². The van der Waals surface area contributed by atoms with E-state index >= 15 is 0 Å². The van der Waals surface area contributed by atoms with E-state index in [1.54, 1.807) is 6.07 Å². The van der Waals surface area contributed by atoms with Crippen LogP contribution in [0.3, 0.4) is 0 Å². The van der Waals surface area contributed by atoms with Crippen LogP contribution in [0.2, 0.25) is 0 Å². The molecule has 3 aliphatic rings. The van der Waals surface area contributed by atoms with Gasteiger partial charge in [-0.25, -0.2) is 4.39 Å². The first-order valence-electron chi connectivity index (χ1n) is 10.2. The lowest BCUT2D eigenvalue weighted by Gasteiger charge is -2.13. The number of hydrogen-bond acceptors (Lipinski definition) is 6. The molecule has 8 nitrogen and oxygen atoms in total. The van der Waals surface area contributed by atoms with E-state index in [0.29, 0.717) is 0 Å². The molecule has 2 fully saturated rings. The average Bonchev–Trinajstić information content (AvgIpc) is 3.46. The molecule has 0 N–H and O–H groups in total. The van der Waals surface area contributed by atoms with E-state index in [1.807, 2.05) is 12.2 Å². The van der Waals surface area contributed by atoms with Gasteiger partial charge in [0.15, 0.2) is 0 Å². The lowest BCUT2D eigenvalue weighted by molar-refractivity contribution is -0.386. The lowest BCUT2D eigenvalue weighted by Crippen LogP contribution is -2.28. The van der Waals surface area contributed by atoms with E-state index in [0.717, 1.165) is 11.4 Å². The summed E-state index contributed by atoms with van der Waals surface area (Å²) in [6.07, 6.45) is 5.98. The standard InChI is InChI=1S/C23H18FN3O5/c24-17-6-2-1-4-16(17)12-32-21-15(5-3-7-18(21)27(30)31)11-25-26-22(28)19-13-8-9-14(10-13)20(19)23(26)29/h1-9,11,13-14,19-20H,10,12H2. The molecule has 2 aromatic carbocycles. The Hall–Kier alpha value is -3.88. The van der Waals surface area contributed by atoms with Crippen LogP contribution in [0.5, 0.6) is 5.75 Å². The number of para-hydroxylation sites is 1. The Morgan fingerprint density at radius 3 is 2.44 bits per heavy atom. The Morgan fingerprint density at radius 1 is 1.09 bits per heavy atom. The molecule has 162 valence electrons. The van der Waals surface area contributed by atoms with Crippen molar-refractivity contribution in [2.75, 3.05) is 0 Å². The van der Waals surface area contributed by atoms with E-state index in [2.05, 4.69) is 5.10 Å². The third-order valence-electron chi connectivity index (χ3n) is 6.31. The molecule has 4 unspecified atom stereocenters. The number of carbonyl (C=O) groups is 2. The molecule has 0 aromatic heterocycles. The highest BCUT2D eigenvalue weighted by Crippen LogP contribution is 2.52. The fourth-order valence-electron chi connectivity index (χ4n) is 4.83. The monoisotopic (exact) mass is 435 g/mol. The molecule has 32 heavy (non-hydrogen) atoms. The number of nitrogens with zero attached hydrogens (tertiary/aromatic N) is 3. The molecule has 2 aromatic rings. The quantitative estimate of drug-likeness (QED) is 0.227. The third-order valence-corrected chi connectivity index (χ3v) is 6.31. The molecule has 0 radical (unpaired) electrons. The summed E-state index contributed by atoms with van der Waals surface area (Å²) in [5.74, 6) is -2.00. The van der Waals surface area contributed by atoms with Crippen molar-refractivity contribution in [2.24, 2.45) is 28.8 Å². The number of fused-ring (bicyclic) bond motifs is 5. The van der Waals surface area contributed by atoms with Crippen LogP contribution in [0.15, 0.2) is 59.7 Å². The number of nitro groups is 1. The van der Waals surface area contributed by atoms with Gasteiger partial charge in [0, 0.05) is 17.2 Å². The topological polar surface area (TPSA) is 102 Å². The maximum atomic E-state index is 13.9. The van der Waals surface area contributed by atoms with Gasteiger partial charge in [0.25, 0.3) is 11.8 Å². The average molecular weight is 435 g/mol. The molecular formula is C23H18FN3O5. The Balaban J connectivity index is 1.42. The number of carbonyl (C=O) groups excluding carboxylic acids is 2. The molecule has 1 saturated carbocycles. The zero-order valence-electron chi connectivity index (χ0n) is 16.8. The number of rotatable bonds is 6. The van der Waals surface area contributed by atoms with Crippen LogP contribution in [-0.4, -0.2) is 28.0 Å². The summed E-state index contributed by atoms with van der Waals surface area (Å²) in [6.45, 7) is -0.237. The number of hydrogen-bond donors (Lipinski definition) is 0. The number of hydrazone groups is 1. The number of imide groups is 1. The Morgan fingerprint density at radius 2 is 1.78 bits per heavy atom. The molecule has 2 aliphatic carbocycles. The van der Waals surface area contributed by atoms with E-state index in [9.17, 15) is 24.1 Å². The second-order valence-corrected chi connectivity index (χ2v) is 8.07. The van der Waals surface area contributed by atoms with Crippen molar-refractivity contribution in [2.45, 2.75) is 13.0 Å². The fourth-order valence-corrected chi connectivity index (χ4v) is 4.83. The molecule has 1 aliphatic heterocycles. The van der Waals surface area contributed by atoms with Gasteiger partial charge in [-0.05, 0) is 30.4 Å². The summed E-state index contributed by atoms with van der Waals surface area (Å²) in [6, 6.07) is 10.2. The summed E-state index contributed by atoms with van der Waals surface area (Å²) in [5.41, 5.74) is 0.104. The lowest BCUT2D eigenvalue weighted by atomic mass is 9.85. The summed E-state index contributed by atoms with van der Waals surface area (Å²) in [7, 11) is 0. The predicted molar refractivity (Wildman–Crippen MR) is 111 cm³/mol. The van der Waals surface area contributed by atoms with Gasteiger partial charge in [-0.2, -0.15) is 10.1 Å². The molecule has 2 bridgehead atoms. The molecule has 2 amide bonds. The number of halogens is 1. The van der Waals surface area contributed by atoms with Gasteiger partial charge < -0.3 is 4.74 Å². The van der Waals surface area contributed by atoms with Gasteiger partial charge in [0.1, 0.15) is 12.4 Å². The number of ether oxygens (including phenoxy) is 1. The number of benzene rings is 2. The zero-order chi connectivity index (χ0) is 22.4. The second-order valence-electron chi connectivity index (χ2n) is 8.07. The van der Waals surface area contributed by atoms with Crippen molar-refractivity contribution < 1.29 is 23.6 Å². The van der Waals surface area contributed by atoms with Crippen molar-refractivity contribution in [1.82, 2.24) is 5.01 Å². The van der Waals surface area contributed by atoms with Crippen LogP contribution in [0.1, 0.15) is 17.5 Å².